The van der Waals surface area contributed by atoms with Crippen LogP contribution in [0.3, 0.4) is 0 Å². The highest BCUT2D eigenvalue weighted by Crippen LogP contribution is 2.26. The quantitative estimate of drug-likeness (QED) is 0.492. The van der Waals surface area contributed by atoms with Gasteiger partial charge in [-0.3, -0.25) is 4.79 Å². The van der Waals surface area contributed by atoms with E-state index in [2.05, 4.69) is 5.32 Å². The van der Waals surface area contributed by atoms with Gasteiger partial charge in [0.15, 0.2) is 0 Å². The first kappa shape index (κ1) is 6.35. The van der Waals surface area contributed by atoms with E-state index in [0.717, 1.165) is 13.0 Å². The van der Waals surface area contributed by atoms with E-state index in [1.54, 1.807) is 0 Å². The molecule has 0 amide bonds. The molecule has 0 radical (unpaired) electrons. The topological polar surface area (TPSA) is 33.7 Å². The van der Waals surface area contributed by atoms with Crippen molar-refractivity contribution in [1.82, 2.24) is 0 Å². The van der Waals surface area contributed by atoms with E-state index in [0.29, 0.717) is 17.7 Å². The fourth-order valence-electron chi connectivity index (χ4n) is 2.30. The summed E-state index contributed by atoms with van der Waals surface area (Å²) in [6.45, 7) is 1.04. The van der Waals surface area contributed by atoms with E-state index in [-0.39, 0.29) is 0 Å². The zero-order valence-electron chi connectivity index (χ0n) is 6.18. The second-order valence-corrected chi connectivity index (χ2v) is 3.44. The summed E-state index contributed by atoms with van der Waals surface area (Å²) in [6, 6.07) is 0.668. The maximum absolute atomic E-state index is 11.3. The number of rotatable bonds is 0. The molecule has 2 N–H and O–H groups in total. The number of fused-ring (bicyclic) bond motifs is 1. The van der Waals surface area contributed by atoms with Gasteiger partial charge in [0, 0.05) is 6.42 Å². The molecule has 2 atom stereocenters. The Morgan fingerprint density at radius 2 is 2.30 bits per heavy atom. The maximum atomic E-state index is 11.3. The standard InChI is InChI=1S/C8H13NO/c10-8-4-5-9-7-3-1-2-6(7)8/h6-7,9H,1-5H2/p+1/t6-,7-/m0/s1. The van der Waals surface area contributed by atoms with Gasteiger partial charge in [-0.2, -0.15) is 0 Å². The Bertz CT molecular complexity index is 155. The third kappa shape index (κ3) is 0.870. The van der Waals surface area contributed by atoms with Gasteiger partial charge < -0.3 is 5.32 Å². The van der Waals surface area contributed by atoms with Crippen LogP contribution in [0.4, 0.5) is 0 Å². The summed E-state index contributed by atoms with van der Waals surface area (Å²) in [5, 5.41) is 2.36. The predicted octanol–water partition coefficient (Wildman–Crippen LogP) is -0.309. The third-order valence-electron chi connectivity index (χ3n) is 2.84. The molecule has 56 valence electrons. The van der Waals surface area contributed by atoms with Crippen LogP contribution in [-0.2, 0) is 4.79 Å². The molecule has 2 aliphatic rings. The highest BCUT2D eigenvalue weighted by Gasteiger charge is 2.38. The van der Waals surface area contributed by atoms with Gasteiger partial charge in [0.25, 0.3) is 0 Å². The van der Waals surface area contributed by atoms with E-state index in [1.165, 1.54) is 19.3 Å². The van der Waals surface area contributed by atoms with Crippen molar-refractivity contribution in [3.63, 3.8) is 0 Å². The molecule has 2 rings (SSSR count). The number of nitrogens with two attached hydrogens (primary N) is 1. The first-order chi connectivity index (χ1) is 4.88. The number of carbonyl (C=O) groups excluding carboxylic acids is 1. The van der Waals surface area contributed by atoms with Crippen LogP contribution in [0.1, 0.15) is 25.7 Å². The molecule has 0 aromatic heterocycles. The largest absolute Gasteiger partial charge is 0.343 e. The summed E-state index contributed by atoms with van der Waals surface area (Å²) >= 11 is 0. The van der Waals surface area contributed by atoms with Crippen LogP contribution < -0.4 is 5.32 Å². The van der Waals surface area contributed by atoms with Crippen molar-refractivity contribution in [3.8, 4) is 0 Å². The lowest BCUT2D eigenvalue weighted by Crippen LogP contribution is -2.93. The smallest absolute Gasteiger partial charge is 0.147 e. The Morgan fingerprint density at radius 3 is 3.10 bits per heavy atom. The number of piperidine rings is 1. The van der Waals surface area contributed by atoms with Gasteiger partial charge in [0.05, 0.1) is 24.9 Å². The average Bonchev–Trinajstić information content (AvgIpc) is 2.36. The number of Topliss-reactive ketones (excluding diaryl/α,β-unsaturated/α-hetero) is 1. The Hall–Kier alpha value is -0.370. The molecular formula is C8H14NO+. The van der Waals surface area contributed by atoms with Crippen LogP contribution in [0.5, 0.6) is 0 Å². The molecule has 1 saturated heterocycles. The van der Waals surface area contributed by atoms with E-state index in [4.69, 9.17) is 0 Å². The van der Waals surface area contributed by atoms with Crippen LogP contribution in [0.25, 0.3) is 0 Å². The first-order valence-electron chi connectivity index (χ1n) is 4.24. The molecule has 0 aromatic rings. The summed E-state index contributed by atoms with van der Waals surface area (Å²) in [5.74, 6) is 0.971. The van der Waals surface area contributed by atoms with Crippen molar-refractivity contribution in [2.75, 3.05) is 6.54 Å². The highest BCUT2D eigenvalue weighted by molar-refractivity contribution is 5.82. The summed E-state index contributed by atoms with van der Waals surface area (Å²) in [7, 11) is 0. The molecule has 0 spiro atoms. The number of quaternary nitrogens is 1. The first-order valence-corrected chi connectivity index (χ1v) is 4.24. The number of ketones is 1. The monoisotopic (exact) mass is 140 g/mol. The Balaban J connectivity index is 2.10. The normalized spacial score (nSPS) is 39.8. The van der Waals surface area contributed by atoms with Gasteiger partial charge in [0.2, 0.25) is 0 Å². The molecule has 0 aromatic carbocycles. The second kappa shape index (κ2) is 2.35. The molecule has 0 bridgehead atoms. The van der Waals surface area contributed by atoms with Crippen LogP contribution in [0, 0.1) is 5.92 Å². The van der Waals surface area contributed by atoms with E-state index < -0.39 is 0 Å². The predicted molar refractivity (Wildman–Crippen MR) is 37.5 cm³/mol. The molecule has 1 aliphatic carbocycles. The summed E-state index contributed by atoms with van der Waals surface area (Å²) in [4.78, 5) is 11.3. The van der Waals surface area contributed by atoms with Crippen LogP contribution >= 0.6 is 0 Å². The van der Waals surface area contributed by atoms with Crippen LogP contribution in [0.2, 0.25) is 0 Å². The third-order valence-corrected chi connectivity index (χ3v) is 2.84. The lowest BCUT2D eigenvalue weighted by molar-refractivity contribution is -0.695. The number of hydrogen-bond donors (Lipinski definition) is 1. The van der Waals surface area contributed by atoms with Gasteiger partial charge >= 0.3 is 0 Å². The molecule has 1 heterocycles. The van der Waals surface area contributed by atoms with E-state index in [9.17, 15) is 4.79 Å². The SMILES string of the molecule is O=C1CC[NH2+][C@H]2CCC[C@H]12. The Kier molecular flexibility index (Phi) is 1.49. The molecule has 0 unspecified atom stereocenters. The van der Waals surface area contributed by atoms with Crippen molar-refractivity contribution >= 4 is 5.78 Å². The highest BCUT2D eigenvalue weighted by atomic mass is 16.1. The minimum absolute atomic E-state index is 0.439. The lowest BCUT2D eigenvalue weighted by atomic mass is 9.93. The molecule has 2 heteroatoms. The van der Waals surface area contributed by atoms with Crippen molar-refractivity contribution < 1.29 is 10.1 Å². The zero-order chi connectivity index (χ0) is 6.97. The van der Waals surface area contributed by atoms with E-state index in [1.807, 2.05) is 0 Å². The molecular weight excluding hydrogens is 126 g/mol. The summed E-state index contributed by atoms with van der Waals surface area (Å²) in [6.07, 6.45) is 4.54. The fourth-order valence-corrected chi connectivity index (χ4v) is 2.30. The maximum Gasteiger partial charge on any atom is 0.147 e. The lowest BCUT2D eigenvalue weighted by Gasteiger charge is -2.21. The summed E-state index contributed by atoms with van der Waals surface area (Å²) < 4.78 is 0. The second-order valence-electron chi connectivity index (χ2n) is 3.44. The minimum Gasteiger partial charge on any atom is -0.343 e. The average molecular weight is 140 g/mol. The fraction of sp³-hybridized carbons (Fsp3) is 0.875. The van der Waals surface area contributed by atoms with Crippen molar-refractivity contribution in [2.24, 2.45) is 5.92 Å². The molecule has 10 heavy (non-hydrogen) atoms. The van der Waals surface area contributed by atoms with Crippen molar-refractivity contribution in [3.05, 3.63) is 0 Å². The molecule has 2 fully saturated rings. The molecule has 2 nitrogen and oxygen atoms in total. The van der Waals surface area contributed by atoms with Crippen molar-refractivity contribution in [2.45, 2.75) is 31.7 Å². The Morgan fingerprint density at radius 1 is 1.40 bits per heavy atom. The summed E-state index contributed by atoms with van der Waals surface area (Å²) in [5.41, 5.74) is 0. The number of hydrogen-bond acceptors (Lipinski definition) is 1. The van der Waals surface area contributed by atoms with Gasteiger partial charge in [-0.15, -0.1) is 0 Å². The van der Waals surface area contributed by atoms with Crippen molar-refractivity contribution in [1.29, 1.82) is 0 Å². The van der Waals surface area contributed by atoms with Crippen LogP contribution in [0.15, 0.2) is 0 Å². The van der Waals surface area contributed by atoms with Crippen LogP contribution in [-0.4, -0.2) is 18.4 Å². The number of carbonyl (C=O) groups is 1. The van der Waals surface area contributed by atoms with E-state index >= 15 is 0 Å². The Labute approximate surface area is 61.0 Å². The van der Waals surface area contributed by atoms with Gasteiger partial charge in [-0.25, -0.2) is 0 Å². The van der Waals surface area contributed by atoms with Gasteiger partial charge in [-0.05, 0) is 12.8 Å². The minimum atomic E-state index is 0.439. The molecule has 1 saturated carbocycles. The van der Waals surface area contributed by atoms with Gasteiger partial charge in [-0.1, -0.05) is 0 Å². The molecule has 1 aliphatic heterocycles. The van der Waals surface area contributed by atoms with Gasteiger partial charge in [0.1, 0.15) is 5.78 Å². The zero-order valence-corrected chi connectivity index (χ0v) is 6.18.